The van der Waals surface area contributed by atoms with E-state index in [-0.39, 0.29) is 5.82 Å². The van der Waals surface area contributed by atoms with Gasteiger partial charge in [0.25, 0.3) is 0 Å². The molecule has 1 N–H and O–H groups in total. The van der Waals surface area contributed by atoms with Gasteiger partial charge in [-0.2, -0.15) is 0 Å². The molecule has 0 fully saturated rings. The van der Waals surface area contributed by atoms with E-state index < -0.39 is 0 Å². The van der Waals surface area contributed by atoms with Crippen LogP contribution in [0.3, 0.4) is 0 Å². The van der Waals surface area contributed by atoms with Crippen molar-refractivity contribution in [3.8, 4) is 0 Å². The zero-order valence-corrected chi connectivity index (χ0v) is 8.28. The summed E-state index contributed by atoms with van der Waals surface area (Å²) in [5, 5.41) is 3.26. The van der Waals surface area contributed by atoms with Crippen LogP contribution in [-0.4, -0.2) is 0 Å². The fourth-order valence-corrected chi connectivity index (χ4v) is 1.36. The molecule has 0 saturated heterocycles. The number of anilines is 1. The average molecular weight is 201 g/mol. The minimum atomic E-state index is -0.196. The Hall–Kier alpha value is -1.83. The second-order valence-electron chi connectivity index (χ2n) is 3.35. The fourth-order valence-electron chi connectivity index (χ4n) is 1.36. The highest BCUT2D eigenvalue weighted by Crippen LogP contribution is 2.08. The predicted molar refractivity (Wildman–Crippen MR) is 60.2 cm³/mol. The molecule has 0 unspecified atom stereocenters. The molecular formula is C13H12FN. The maximum atomic E-state index is 12.6. The summed E-state index contributed by atoms with van der Waals surface area (Å²) >= 11 is 0. The highest BCUT2D eigenvalue weighted by molar-refractivity contribution is 5.43. The summed E-state index contributed by atoms with van der Waals surface area (Å²) in [5.41, 5.74) is 2.14. The van der Waals surface area contributed by atoms with Gasteiger partial charge in [-0.15, -0.1) is 0 Å². The number of para-hydroxylation sites is 1. The van der Waals surface area contributed by atoms with E-state index in [2.05, 4.69) is 5.32 Å². The third-order valence-corrected chi connectivity index (χ3v) is 2.18. The first-order chi connectivity index (χ1) is 7.34. The van der Waals surface area contributed by atoms with Crippen molar-refractivity contribution in [2.75, 3.05) is 5.32 Å². The van der Waals surface area contributed by atoms with Gasteiger partial charge >= 0.3 is 0 Å². The molecule has 76 valence electrons. The quantitative estimate of drug-likeness (QED) is 0.802. The van der Waals surface area contributed by atoms with E-state index in [9.17, 15) is 4.39 Å². The summed E-state index contributed by atoms with van der Waals surface area (Å²) in [5.74, 6) is -0.196. The van der Waals surface area contributed by atoms with Gasteiger partial charge in [0.15, 0.2) is 0 Å². The Labute approximate surface area is 88.6 Å². The Kier molecular flexibility index (Phi) is 2.98. The molecule has 0 aliphatic carbocycles. The number of rotatable bonds is 3. The first-order valence-electron chi connectivity index (χ1n) is 4.88. The van der Waals surface area contributed by atoms with Gasteiger partial charge in [-0.05, 0) is 29.8 Å². The molecule has 0 amide bonds. The minimum Gasteiger partial charge on any atom is -0.381 e. The van der Waals surface area contributed by atoms with E-state index in [1.54, 1.807) is 12.1 Å². The van der Waals surface area contributed by atoms with Gasteiger partial charge in [0.2, 0.25) is 0 Å². The van der Waals surface area contributed by atoms with Crippen LogP contribution < -0.4 is 5.32 Å². The summed E-state index contributed by atoms with van der Waals surface area (Å²) < 4.78 is 12.6. The number of hydrogen-bond acceptors (Lipinski definition) is 1. The lowest BCUT2D eigenvalue weighted by Crippen LogP contribution is -1.98. The van der Waals surface area contributed by atoms with Crippen molar-refractivity contribution in [3.05, 3.63) is 66.0 Å². The molecule has 2 aromatic carbocycles. The van der Waals surface area contributed by atoms with E-state index in [4.69, 9.17) is 0 Å². The third kappa shape index (κ3) is 2.81. The van der Waals surface area contributed by atoms with Crippen LogP contribution in [0.4, 0.5) is 10.1 Å². The van der Waals surface area contributed by atoms with Crippen LogP contribution in [0.1, 0.15) is 5.56 Å². The van der Waals surface area contributed by atoms with Crippen molar-refractivity contribution in [3.63, 3.8) is 0 Å². The summed E-state index contributed by atoms with van der Waals surface area (Å²) in [6.07, 6.45) is 0. The number of hydrogen-bond donors (Lipinski definition) is 1. The van der Waals surface area contributed by atoms with Gasteiger partial charge in [-0.1, -0.05) is 30.3 Å². The Morgan fingerprint density at radius 2 is 1.53 bits per heavy atom. The van der Waals surface area contributed by atoms with Crippen LogP contribution in [0.15, 0.2) is 54.6 Å². The van der Waals surface area contributed by atoms with Gasteiger partial charge in [-0.3, -0.25) is 0 Å². The molecule has 15 heavy (non-hydrogen) atoms. The molecule has 0 aliphatic rings. The number of nitrogens with one attached hydrogen (secondary N) is 1. The van der Waals surface area contributed by atoms with Crippen LogP contribution in [-0.2, 0) is 6.54 Å². The zero-order valence-electron chi connectivity index (χ0n) is 8.28. The normalized spacial score (nSPS) is 9.93. The summed E-state index contributed by atoms with van der Waals surface area (Å²) in [4.78, 5) is 0. The van der Waals surface area contributed by atoms with Gasteiger partial charge in [0.1, 0.15) is 5.82 Å². The first kappa shape index (κ1) is 9.71. The van der Waals surface area contributed by atoms with Gasteiger partial charge in [0, 0.05) is 12.2 Å². The summed E-state index contributed by atoms with van der Waals surface area (Å²) in [6.45, 7) is 0.713. The predicted octanol–water partition coefficient (Wildman–Crippen LogP) is 3.44. The van der Waals surface area contributed by atoms with E-state index in [1.165, 1.54) is 12.1 Å². The molecule has 0 bridgehead atoms. The lowest BCUT2D eigenvalue weighted by molar-refractivity contribution is 0.627. The van der Waals surface area contributed by atoms with Crippen LogP contribution in [0, 0.1) is 5.82 Å². The van der Waals surface area contributed by atoms with Crippen LogP contribution in [0.25, 0.3) is 0 Å². The second-order valence-corrected chi connectivity index (χ2v) is 3.35. The van der Waals surface area contributed by atoms with E-state index >= 15 is 0 Å². The molecule has 2 heteroatoms. The Morgan fingerprint density at radius 1 is 0.867 bits per heavy atom. The molecule has 0 aromatic heterocycles. The topological polar surface area (TPSA) is 12.0 Å². The van der Waals surface area contributed by atoms with Crippen molar-refractivity contribution in [2.24, 2.45) is 0 Å². The number of halogens is 1. The summed E-state index contributed by atoms with van der Waals surface area (Å²) in [6, 6.07) is 16.5. The minimum absolute atomic E-state index is 0.196. The highest BCUT2D eigenvalue weighted by Gasteiger charge is 1.93. The Bertz CT molecular complexity index is 408. The zero-order chi connectivity index (χ0) is 10.5. The molecular weight excluding hydrogens is 189 g/mol. The van der Waals surface area contributed by atoms with Crippen molar-refractivity contribution in [1.82, 2.24) is 0 Å². The Morgan fingerprint density at radius 3 is 2.20 bits per heavy atom. The van der Waals surface area contributed by atoms with Gasteiger partial charge in [0.05, 0.1) is 0 Å². The second kappa shape index (κ2) is 4.60. The first-order valence-corrected chi connectivity index (χ1v) is 4.88. The molecule has 1 nitrogen and oxygen atoms in total. The standard InChI is InChI=1S/C13H12FN/c14-12-8-6-11(7-9-12)10-15-13-4-2-1-3-5-13/h1-9,15H,10H2. The highest BCUT2D eigenvalue weighted by atomic mass is 19.1. The number of benzene rings is 2. The van der Waals surface area contributed by atoms with Crippen molar-refractivity contribution >= 4 is 5.69 Å². The van der Waals surface area contributed by atoms with Crippen LogP contribution >= 0.6 is 0 Å². The SMILES string of the molecule is Fc1ccc(CNc2ccccc2)cc1. The van der Waals surface area contributed by atoms with Gasteiger partial charge in [-0.25, -0.2) is 4.39 Å². The fraction of sp³-hybridized carbons (Fsp3) is 0.0769. The van der Waals surface area contributed by atoms with E-state index in [0.29, 0.717) is 6.54 Å². The third-order valence-electron chi connectivity index (χ3n) is 2.18. The van der Waals surface area contributed by atoms with Crippen LogP contribution in [0.5, 0.6) is 0 Å². The largest absolute Gasteiger partial charge is 0.381 e. The van der Waals surface area contributed by atoms with Crippen molar-refractivity contribution in [1.29, 1.82) is 0 Å². The van der Waals surface area contributed by atoms with Crippen molar-refractivity contribution in [2.45, 2.75) is 6.54 Å². The smallest absolute Gasteiger partial charge is 0.123 e. The molecule has 2 aromatic rings. The lowest BCUT2D eigenvalue weighted by atomic mass is 10.2. The molecule has 0 spiro atoms. The molecule has 0 heterocycles. The van der Waals surface area contributed by atoms with E-state index in [1.807, 2.05) is 30.3 Å². The monoisotopic (exact) mass is 201 g/mol. The maximum Gasteiger partial charge on any atom is 0.123 e. The average Bonchev–Trinajstić information content (AvgIpc) is 2.30. The molecule has 0 atom stereocenters. The van der Waals surface area contributed by atoms with Crippen molar-refractivity contribution < 1.29 is 4.39 Å². The van der Waals surface area contributed by atoms with E-state index in [0.717, 1.165) is 11.3 Å². The molecule has 0 aliphatic heterocycles. The maximum absolute atomic E-state index is 12.6. The molecule has 0 saturated carbocycles. The van der Waals surface area contributed by atoms with Crippen LogP contribution in [0.2, 0.25) is 0 Å². The van der Waals surface area contributed by atoms with Gasteiger partial charge < -0.3 is 5.32 Å². The summed E-state index contributed by atoms with van der Waals surface area (Å²) in [7, 11) is 0. The molecule has 2 rings (SSSR count). The lowest BCUT2D eigenvalue weighted by Gasteiger charge is -2.05. The Balaban J connectivity index is 1.96. The molecule has 0 radical (unpaired) electrons.